The lowest BCUT2D eigenvalue weighted by molar-refractivity contribution is -0.138. The van der Waals surface area contributed by atoms with Crippen LogP contribution in [0.3, 0.4) is 0 Å². The number of rotatable bonds is 11. The van der Waals surface area contributed by atoms with Gasteiger partial charge in [0.1, 0.15) is 19.3 Å². The number of ether oxygens (including phenoxy) is 3. The molecule has 1 aliphatic heterocycles. The summed E-state index contributed by atoms with van der Waals surface area (Å²) in [5, 5.41) is 9.27. The summed E-state index contributed by atoms with van der Waals surface area (Å²) in [6.07, 6.45) is 1.53. The van der Waals surface area contributed by atoms with Gasteiger partial charge in [0, 0.05) is 16.5 Å². The molecule has 1 unspecified atom stereocenters. The molecule has 1 N–H and O–H groups in total. The van der Waals surface area contributed by atoms with Gasteiger partial charge in [0.25, 0.3) is 0 Å². The molecular weight excluding hydrogens is 688 g/mol. The summed E-state index contributed by atoms with van der Waals surface area (Å²) in [7, 11) is 1.59. The molecule has 1 aromatic heterocycles. The summed E-state index contributed by atoms with van der Waals surface area (Å²) in [5.74, 6) is 1.64. The van der Waals surface area contributed by atoms with Crippen LogP contribution < -0.4 is 14.8 Å². The van der Waals surface area contributed by atoms with E-state index in [1.165, 1.54) is 23.4 Å². The highest BCUT2D eigenvalue weighted by Gasteiger charge is 2.36. The second-order valence-electron chi connectivity index (χ2n) is 11.8. The Kier molecular flexibility index (Phi) is 10.5. The lowest BCUT2D eigenvalue weighted by atomic mass is 9.87. The van der Waals surface area contributed by atoms with Gasteiger partial charge in [-0.25, -0.2) is 9.48 Å². The lowest BCUT2D eigenvalue weighted by Crippen LogP contribution is -2.29. The van der Waals surface area contributed by atoms with Crippen molar-refractivity contribution in [2.45, 2.75) is 56.7 Å². The number of hydrogen-bond acceptors (Lipinski definition) is 8. The first-order chi connectivity index (χ1) is 22.0. The Morgan fingerprint density at radius 2 is 1.91 bits per heavy atom. The number of hydrogen-bond donors (Lipinski definition) is 1. The first-order valence-corrected chi connectivity index (χ1v) is 16.8. The Bertz CT molecular complexity index is 1780. The Morgan fingerprint density at radius 3 is 2.59 bits per heavy atom. The predicted octanol–water partition coefficient (Wildman–Crippen LogP) is 8.89. The van der Waals surface area contributed by atoms with E-state index in [1.807, 2.05) is 43.3 Å². The van der Waals surface area contributed by atoms with Crippen LogP contribution in [0.4, 0.5) is 5.95 Å². The largest absolute Gasteiger partial charge is 0.493 e. The van der Waals surface area contributed by atoms with E-state index in [0.29, 0.717) is 55.7 Å². The molecule has 11 heteroatoms. The van der Waals surface area contributed by atoms with Crippen molar-refractivity contribution in [3.8, 4) is 11.5 Å². The smallest absolute Gasteiger partial charge is 0.338 e. The first kappa shape index (κ1) is 33.6. The molecule has 2 heterocycles. The van der Waals surface area contributed by atoms with Crippen molar-refractivity contribution in [3.63, 3.8) is 0 Å². The number of thioether (sulfide) groups is 1. The van der Waals surface area contributed by atoms with E-state index in [1.54, 1.807) is 11.8 Å². The van der Waals surface area contributed by atoms with Gasteiger partial charge in [-0.1, -0.05) is 99.3 Å². The summed E-state index contributed by atoms with van der Waals surface area (Å²) in [5.41, 5.74) is 5.06. The maximum atomic E-state index is 13.5. The van der Waals surface area contributed by atoms with Crippen molar-refractivity contribution in [2.75, 3.05) is 19.0 Å². The summed E-state index contributed by atoms with van der Waals surface area (Å²) in [6.45, 7) is 12.5. The van der Waals surface area contributed by atoms with Crippen molar-refractivity contribution in [3.05, 3.63) is 116 Å². The van der Waals surface area contributed by atoms with Gasteiger partial charge in [-0.15, -0.1) is 5.10 Å². The normalized spacial score (nSPS) is 14.4. The molecule has 0 saturated carbocycles. The van der Waals surface area contributed by atoms with Gasteiger partial charge in [-0.3, -0.25) is 0 Å². The van der Waals surface area contributed by atoms with Gasteiger partial charge in [0.2, 0.25) is 11.1 Å². The van der Waals surface area contributed by atoms with Gasteiger partial charge < -0.3 is 19.5 Å². The summed E-state index contributed by atoms with van der Waals surface area (Å²) >= 11 is 11.5. The zero-order valence-electron chi connectivity index (χ0n) is 26.4. The zero-order chi connectivity index (χ0) is 33.0. The zero-order valence-corrected chi connectivity index (χ0v) is 29.6. The topological polar surface area (TPSA) is 87.5 Å². The molecular formula is C35H36BrClN4O4S. The third kappa shape index (κ3) is 7.45. The number of nitrogens with one attached hydrogen (secondary N) is 1. The molecule has 0 saturated heterocycles. The molecule has 5 rings (SSSR count). The van der Waals surface area contributed by atoms with Crippen molar-refractivity contribution in [1.29, 1.82) is 0 Å². The number of allylic oxidation sites excluding steroid dienone is 1. The van der Waals surface area contributed by atoms with Crippen molar-refractivity contribution in [2.24, 2.45) is 0 Å². The second-order valence-corrected chi connectivity index (χ2v) is 14.0. The number of fused-ring (bicyclic) bond motifs is 1. The highest BCUT2D eigenvalue weighted by atomic mass is 79.9. The molecule has 0 fully saturated rings. The standard InChI is InChI=1S/C35H36BrClN4O4S/c1-7-16-44-32(42)29-21(2)38-33-39-34(46-20-23-10-8-9-11-27(23)37)40-41(33)30(29)24-17-26(36)31(28(18-24)43-6)45-19-22-12-14-25(15-13-22)35(3,4)5/h7-15,17-18,30H,1,16,19-20H2,2-6H3,(H,38,39,40). The minimum absolute atomic E-state index is 0.0683. The number of esters is 1. The number of halogens is 2. The van der Waals surface area contributed by atoms with E-state index in [0.717, 1.165) is 16.7 Å². The van der Waals surface area contributed by atoms with Crippen LogP contribution in [0.5, 0.6) is 11.5 Å². The highest BCUT2D eigenvalue weighted by molar-refractivity contribution is 9.10. The van der Waals surface area contributed by atoms with Gasteiger partial charge in [0.15, 0.2) is 11.5 Å². The number of carbonyl (C=O) groups is 1. The van der Waals surface area contributed by atoms with E-state index >= 15 is 0 Å². The number of benzene rings is 3. The molecule has 0 amide bonds. The third-order valence-corrected chi connectivity index (χ3v) is 9.31. The molecule has 240 valence electrons. The molecule has 1 atom stereocenters. The number of anilines is 1. The molecule has 0 radical (unpaired) electrons. The Hall–Kier alpha value is -3.73. The molecule has 4 aromatic rings. The van der Waals surface area contributed by atoms with E-state index in [-0.39, 0.29) is 12.0 Å². The number of methoxy groups -OCH3 is 1. The van der Waals surface area contributed by atoms with Gasteiger partial charge >= 0.3 is 5.97 Å². The fourth-order valence-corrected chi connectivity index (χ4v) is 6.72. The Labute approximate surface area is 287 Å². The Morgan fingerprint density at radius 1 is 1.17 bits per heavy atom. The number of nitrogens with zero attached hydrogens (tertiary/aromatic N) is 3. The molecule has 3 aromatic carbocycles. The molecule has 0 spiro atoms. The van der Waals surface area contributed by atoms with Crippen LogP contribution in [0.2, 0.25) is 5.02 Å². The maximum absolute atomic E-state index is 13.5. The lowest BCUT2D eigenvalue weighted by Gasteiger charge is -2.28. The van der Waals surface area contributed by atoms with Gasteiger partial charge in [-0.05, 0) is 68.7 Å². The van der Waals surface area contributed by atoms with Crippen LogP contribution in [-0.2, 0) is 27.3 Å². The average Bonchev–Trinajstić information content (AvgIpc) is 3.43. The van der Waals surface area contributed by atoms with Crippen LogP contribution >= 0.6 is 39.3 Å². The fourth-order valence-electron chi connectivity index (χ4n) is 5.03. The SMILES string of the molecule is C=CCOC(=O)C1=C(C)Nc2nc(SCc3ccccc3Cl)nn2C1c1cc(Br)c(OCc2ccc(C(C)(C)C)cc2)c(OC)c1. The minimum Gasteiger partial charge on any atom is -0.493 e. The van der Waals surface area contributed by atoms with E-state index in [9.17, 15) is 4.79 Å². The maximum Gasteiger partial charge on any atom is 0.338 e. The fraction of sp³-hybridized carbons (Fsp3) is 0.286. The van der Waals surface area contributed by atoms with Gasteiger partial charge in [-0.2, -0.15) is 4.98 Å². The average molecular weight is 724 g/mol. The van der Waals surface area contributed by atoms with Crippen LogP contribution in [-0.4, -0.2) is 34.5 Å². The second kappa shape index (κ2) is 14.4. The minimum atomic E-state index is -0.667. The highest BCUT2D eigenvalue weighted by Crippen LogP contribution is 2.44. The van der Waals surface area contributed by atoms with Crippen LogP contribution in [0.15, 0.2) is 94.2 Å². The predicted molar refractivity (Wildman–Crippen MR) is 187 cm³/mol. The number of aromatic nitrogens is 3. The molecule has 0 aliphatic carbocycles. The van der Waals surface area contributed by atoms with Crippen LogP contribution in [0, 0.1) is 0 Å². The molecule has 0 bridgehead atoms. The monoisotopic (exact) mass is 722 g/mol. The molecule has 1 aliphatic rings. The van der Waals surface area contributed by atoms with E-state index in [4.69, 9.17) is 35.9 Å². The summed E-state index contributed by atoms with van der Waals surface area (Å²) in [6, 6.07) is 19.2. The van der Waals surface area contributed by atoms with Gasteiger partial charge in [0.05, 0.1) is 17.2 Å². The summed E-state index contributed by atoms with van der Waals surface area (Å²) in [4.78, 5) is 18.2. The summed E-state index contributed by atoms with van der Waals surface area (Å²) < 4.78 is 20.0. The van der Waals surface area contributed by atoms with Crippen molar-refractivity contribution >= 4 is 51.2 Å². The van der Waals surface area contributed by atoms with Crippen molar-refractivity contribution in [1.82, 2.24) is 14.8 Å². The molecule has 46 heavy (non-hydrogen) atoms. The van der Waals surface area contributed by atoms with E-state index in [2.05, 4.69) is 72.9 Å². The van der Waals surface area contributed by atoms with Crippen LogP contribution in [0.25, 0.3) is 0 Å². The first-order valence-electron chi connectivity index (χ1n) is 14.7. The molecule has 8 nitrogen and oxygen atoms in total. The van der Waals surface area contributed by atoms with Crippen molar-refractivity contribution < 1.29 is 19.0 Å². The quantitative estimate of drug-likeness (QED) is 0.0933. The van der Waals surface area contributed by atoms with E-state index < -0.39 is 12.0 Å². The Balaban J connectivity index is 1.48. The third-order valence-electron chi connectivity index (χ3n) is 7.47. The number of carbonyl (C=O) groups excluding carboxylic acids is 1. The van der Waals surface area contributed by atoms with Crippen LogP contribution in [0.1, 0.15) is 56.0 Å².